The van der Waals surface area contributed by atoms with Crippen molar-refractivity contribution in [3.8, 4) is 23.0 Å². The molecule has 2 aromatic rings. The van der Waals surface area contributed by atoms with Gasteiger partial charge in [-0.3, -0.25) is 19.4 Å². The number of benzene rings is 2. The number of carbonyl (C=O) groups excluding carboxylic acids is 4. The van der Waals surface area contributed by atoms with Gasteiger partial charge in [-0.2, -0.15) is 0 Å². The summed E-state index contributed by atoms with van der Waals surface area (Å²) in [5.41, 5.74) is -0.780. The van der Waals surface area contributed by atoms with E-state index in [9.17, 15) is 29.4 Å². The van der Waals surface area contributed by atoms with Crippen molar-refractivity contribution in [2.45, 2.75) is 150 Å². The van der Waals surface area contributed by atoms with Gasteiger partial charge in [0.25, 0.3) is 0 Å². The Kier molecular flexibility index (Phi) is 12.1. The van der Waals surface area contributed by atoms with Crippen LogP contribution in [-0.4, -0.2) is 122 Å². The molecular formula is C50H66N2O12. The zero-order chi connectivity index (χ0) is 45.0. The van der Waals surface area contributed by atoms with Gasteiger partial charge in [-0.1, -0.05) is 12.1 Å². The lowest BCUT2D eigenvalue weighted by atomic mass is 9.55. The molecule has 2 saturated heterocycles. The summed E-state index contributed by atoms with van der Waals surface area (Å²) in [4.78, 5) is 59.3. The first kappa shape index (κ1) is 44.6. The number of Topliss-reactive ketones (excluding diaryl/α,β-unsaturated/α-hetero) is 2. The van der Waals surface area contributed by atoms with Gasteiger partial charge in [-0.05, 0) is 152 Å². The number of likely N-dealkylation sites (tertiary alicyclic amines) is 2. The van der Waals surface area contributed by atoms with Crippen molar-refractivity contribution >= 4 is 23.9 Å². The number of phenolic OH excluding ortho intramolecular Hbond substituents is 2. The number of phenols is 2. The monoisotopic (exact) mass is 886 g/mol. The van der Waals surface area contributed by atoms with E-state index in [1.165, 1.54) is 14.2 Å². The second-order valence-electron chi connectivity index (χ2n) is 20.2. The van der Waals surface area contributed by atoms with Gasteiger partial charge >= 0.3 is 12.3 Å². The van der Waals surface area contributed by atoms with E-state index < -0.39 is 34.3 Å². The van der Waals surface area contributed by atoms with E-state index in [1.54, 1.807) is 12.1 Å². The van der Waals surface area contributed by atoms with Gasteiger partial charge in [-0.15, -0.1) is 0 Å². The molecule has 2 aliphatic heterocycles. The minimum absolute atomic E-state index is 0.0199. The van der Waals surface area contributed by atoms with Crippen LogP contribution < -0.4 is 9.47 Å². The number of methoxy groups -OCH3 is 2. The second-order valence-corrected chi connectivity index (χ2v) is 20.2. The molecule has 0 spiro atoms. The lowest BCUT2D eigenvalue weighted by Crippen LogP contribution is -2.66. The third kappa shape index (κ3) is 7.20. The van der Waals surface area contributed by atoms with Crippen molar-refractivity contribution in [3.05, 3.63) is 46.5 Å². The molecule has 5 fully saturated rings. The number of hydrogen-bond donors (Lipinski definition) is 2. The fraction of sp³-hybridized carbons (Fsp3) is 0.680. The normalized spacial score (nSPS) is 33.9. The van der Waals surface area contributed by atoms with Crippen LogP contribution in [0.5, 0.6) is 23.0 Å². The molecule has 2 aromatic carbocycles. The highest BCUT2D eigenvalue weighted by molar-refractivity contribution is 5.84. The maximum absolute atomic E-state index is 14.0. The molecular weight excluding hydrogens is 821 g/mol. The standard InChI is InChI=1S/C50H66N2O12/c1-51-25-5-21-47-27-35(53)19-23-49(47,39(51)17-13-33-11-15-37(59-3)43(55)41(33)47)63-45(57)61-29-31-7-9-32(10-8-31)30-62-46(58)64-50-24-20-36(54)28-48(50)22-6-26-52(2)40(50)18-14-34-12-16-38(60-4)44(56)42(34)48/h11-12,15-16,31-32,39-40,55-56H,5-10,13-14,17-30H2,1-4H3/t31?,32?,39-,40-,47-,48-,49-,50-/m1/s1. The molecule has 0 amide bonds. The van der Waals surface area contributed by atoms with Crippen LogP contribution in [0.15, 0.2) is 24.3 Å². The number of aromatic hydroxyl groups is 2. The molecule has 6 atom stereocenters. The largest absolute Gasteiger partial charge is 0.508 e. The number of carbonyl (C=O) groups is 4. The van der Waals surface area contributed by atoms with Crippen LogP contribution in [0.1, 0.15) is 125 Å². The maximum Gasteiger partial charge on any atom is 0.508 e. The van der Waals surface area contributed by atoms with Crippen LogP contribution in [-0.2, 0) is 52.2 Å². The van der Waals surface area contributed by atoms with Crippen LogP contribution in [0.4, 0.5) is 9.59 Å². The van der Waals surface area contributed by atoms with E-state index in [0.29, 0.717) is 74.0 Å². The first-order chi connectivity index (χ1) is 30.8. The molecule has 14 nitrogen and oxygen atoms in total. The molecule has 4 bridgehead atoms. The molecule has 9 rings (SSSR count). The number of fused-ring (bicyclic) bond motifs is 2. The molecule has 0 radical (unpaired) electrons. The number of rotatable bonds is 8. The average molecular weight is 887 g/mol. The zero-order valence-corrected chi connectivity index (χ0v) is 38.0. The summed E-state index contributed by atoms with van der Waals surface area (Å²) in [6.45, 7) is 1.93. The van der Waals surface area contributed by atoms with Gasteiger partial charge in [0.2, 0.25) is 0 Å². The van der Waals surface area contributed by atoms with E-state index in [2.05, 4.69) is 23.9 Å². The summed E-state index contributed by atoms with van der Waals surface area (Å²) >= 11 is 0. The Balaban J connectivity index is 0.857. The molecule has 64 heavy (non-hydrogen) atoms. The number of ketones is 2. The minimum Gasteiger partial charge on any atom is -0.504 e. The molecule has 348 valence electrons. The summed E-state index contributed by atoms with van der Waals surface area (Å²) in [6.07, 6.45) is 8.61. The van der Waals surface area contributed by atoms with Gasteiger partial charge < -0.3 is 38.6 Å². The molecule has 7 aliphatic rings. The van der Waals surface area contributed by atoms with E-state index in [1.807, 2.05) is 12.1 Å². The Morgan fingerprint density at radius 1 is 0.609 bits per heavy atom. The van der Waals surface area contributed by atoms with Crippen molar-refractivity contribution in [3.63, 3.8) is 0 Å². The van der Waals surface area contributed by atoms with Crippen molar-refractivity contribution in [2.75, 3.05) is 54.6 Å². The highest BCUT2D eigenvalue weighted by Gasteiger charge is 2.68. The topological polar surface area (TPSA) is 171 Å². The molecule has 0 aromatic heterocycles. The van der Waals surface area contributed by atoms with E-state index in [4.69, 9.17) is 28.4 Å². The third-order valence-electron chi connectivity index (χ3n) is 17.1. The van der Waals surface area contributed by atoms with Crippen LogP contribution in [0.2, 0.25) is 0 Å². The van der Waals surface area contributed by atoms with Crippen LogP contribution >= 0.6 is 0 Å². The summed E-state index contributed by atoms with van der Waals surface area (Å²) in [5.74, 6) is 1.09. The van der Waals surface area contributed by atoms with Crippen molar-refractivity contribution in [1.29, 1.82) is 0 Å². The fourth-order valence-corrected chi connectivity index (χ4v) is 14.2. The van der Waals surface area contributed by atoms with Gasteiger partial charge in [0, 0.05) is 47.6 Å². The summed E-state index contributed by atoms with van der Waals surface area (Å²) in [7, 11) is 7.16. The van der Waals surface area contributed by atoms with Gasteiger partial charge in [0.1, 0.15) is 22.8 Å². The van der Waals surface area contributed by atoms with Crippen LogP contribution in [0.3, 0.4) is 0 Å². The highest BCUT2D eigenvalue weighted by atomic mass is 16.7. The summed E-state index contributed by atoms with van der Waals surface area (Å²) < 4.78 is 36.4. The number of hydrogen-bond acceptors (Lipinski definition) is 14. The smallest absolute Gasteiger partial charge is 0.504 e. The third-order valence-corrected chi connectivity index (χ3v) is 17.1. The number of aryl methyl sites for hydroxylation is 2. The van der Waals surface area contributed by atoms with Gasteiger partial charge in [0.05, 0.1) is 39.5 Å². The van der Waals surface area contributed by atoms with E-state index in [0.717, 1.165) is 62.7 Å². The zero-order valence-electron chi connectivity index (χ0n) is 38.0. The Bertz CT molecular complexity index is 2000. The van der Waals surface area contributed by atoms with Crippen LogP contribution in [0.25, 0.3) is 0 Å². The first-order valence-electron chi connectivity index (χ1n) is 23.7. The lowest BCUT2D eigenvalue weighted by molar-refractivity contribution is -0.154. The molecule has 2 heterocycles. The lowest BCUT2D eigenvalue weighted by Gasteiger charge is -2.55. The Morgan fingerprint density at radius 2 is 1.02 bits per heavy atom. The minimum atomic E-state index is -1.09. The second kappa shape index (κ2) is 17.3. The summed E-state index contributed by atoms with van der Waals surface area (Å²) in [6, 6.07) is 7.14. The van der Waals surface area contributed by atoms with Crippen molar-refractivity contribution in [2.24, 2.45) is 11.8 Å². The maximum atomic E-state index is 14.0. The molecule has 3 saturated carbocycles. The Labute approximate surface area is 376 Å². The van der Waals surface area contributed by atoms with E-state index in [-0.39, 0.29) is 85.9 Å². The van der Waals surface area contributed by atoms with E-state index >= 15 is 0 Å². The Morgan fingerprint density at radius 3 is 1.41 bits per heavy atom. The fourth-order valence-electron chi connectivity index (χ4n) is 14.2. The quantitative estimate of drug-likeness (QED) is 0.250. The number of ether oxygens (including phenoxy) is 6. The SMILES string of the molecule is COc1ccc2c(c1O)[C@]13CCCN(C)[C@H](CC2)[C@]1(OC(=O)OCC1CCC(COC(=O)O[C@@]24CCC(=O)C[C@@]25CCCN(C)[C@@H]4CCc2ccc(OC)c(O)c25)CC1)CCC(=O)C3. The highest BCUT2D eigenvalue weighted by Crippen LogP contribution is 2.62. The molecule has 5 aliphatic carbocycles. The van der Waals surface area contributed by atoms with Gasteiger partial charge in [-0.25, -0.2) is 9.59 Å². The number of nitrogens with zero attached hydrogens (tertiary/aromatic N) is 2. The molecule has 0 unspecified atom stereocenters. The first-order valence-corrected chi connectivity index (χ1v) is 23.7. The summed E-state index contributed by atoms with van der Waals surface area (Å²) in [5, 5.41) is 23.5. The van der Waals surface area contributed by atoms with Crippen molar-refractivity contribution in [1.82, 2.24) is 9.80 Å². The Hall–Kier alpha value is -4.56. The predicted molar refractivity (Wildman–Crippen MR) is 234 cm³/mol. The van der Waals surface area contributed by atoms with Gasteiger partial charge in [0.15, 0.2) is 23.0 Å². The average Bonchev–Trinajstić information content (AvgIpc) is 3.59. The number of likely N-dealkylation sites (N-methyl/N-ethyl adjacent to an activating group) is 2. The van der Waals surface area contributed by atoms with Crippen molar-refractivity contribution < 1.29 is 57.8 Å². The molecule has 2 N–H and O–H groups in total. The predicted octanol–water partition coefficient (Wildman–Crippen LogP) is 7.47. The molecule has 14 heteroatoms. The van der Waals surface area contributed by atoms with Crippen LogP contribution in [0, 0.1) is 11.8 Å².